The van der Waals surface area contributed by atoms with Gasteiger partial charge >= 0.3 is 0 Å². The topological polar surface area (TPSA) is 48.9 Å². The second kappa shape index (κ2) is 10.4. The van der Waals surface area contributed by atoms with Gasteiger partial charge in [0, 0.05) is 38.2 Å². The van der Waals surface area contributed by atoms with Crippen LogP contribution in [0.2, 0.25) is 5.02 Å². The second-order valence-electron chi connectivity index (χ2n) is 6.61. The van der Waals surface area contributed by atoms with E-state index in [2.05, 4.69) is 20.5 Å². The number of benzene rings is 2. The standard InChI is InChI=1S/C21H26ClFN4O/c1-24-21(25-14-17-4-2-3-5-19(17)22)26-15-20(27-10-12-28-13-11-27)16-6-8-18(23)9-7-16/h2-9,20H,10-15H2,1H3,(H2,24,25,26). The Labute approximate surface area is 170 Å². The first-order valence-electron chi connectivity index (χ1n) is 9.42. The van der Waals surface area contributed by atoms with Gasteiger partial charge in [-0.1, -0.05) is 41.9 Å². The van der Waals surface area contributed by atoms with Gasteiger partial charge < -0.3 is 15.4 Å². The van der Waals surface area contributed by atoms with E-state index in [1.165, 1.54) is 12.1 Å². The lowest BCUT2D eigenvalue weighted by Crippen LogP contribution is -2.46. The molecule has 1 unspecified atom stereocenters. The average molecular weight is 405 g/mol. The summed E-state index contributed by atoms with van der Waals surface area (Å²) in [6, 6.07) is 14.5. The van der Waals surface area contributed by atoms with Crippen LogP contribution in [0.15, 0.2) is 53.5 Å². The molecule has 1 saturated heterocycles. The predicted octanol–water partition coefficient (Wildman–Crippen LogP) is 3.22. The summed E-state index contributed by atoms with van der Waals surface area (Å²) >= 11 is 6.22. The summed E-state index contributed by atoms with van der Waals surface area (Å²) in [6.45, 7) is 4.32. The quantitative estimate of drug-likeness (QED) is 0.573. The lowest BCUT2D eigenvalue weighted by Gasteiger charge is -2.35. The summed E-state index contributed by atoms with van der Waals surface area (Å²) < 4.78 is 18.8. The minimum absolute atomic E-state index is 0.100. The fourth-order valence-electron chi connectivity index (χ4n) is 3.27. The maximum atomic E-state index is 13.4. The zero-order chi connectivity index (χ0) is 19.8. The molecule has 1 aliphatic rings. The summed E-state index contributed by atoms with van der Waals surface area (Å²) in [5, 5.41) is 7.41. The van der Waals surface area contributed by atoms with Gasteiger partial charge in [0.2, 0.25) is 0 Å². The molecule has 5 nitrogen and oxygen atoms in total. The van der Waals surface area contributed by atoms with Crippen molar-refractivity contribution in [3.8, 4) is 0 Å². The van der Waals surface area contributed by atoms with Crippen molar-refractivity contribution in [3.63, 3.8) is 0 Å². The van der Waals surface area contributed by atoms with Crippen LogP contribution < -0.4 is 10.6 Å². The molecule has 2 aromatic carbocycles. The van der Waals surface area contributed by atoms with E-state index in [-0.39, 0.29) is 11.9 Å². The van der Waals surface area contributed by atoms with Gasteiger partial charge in [0.05, 0.1) is 19.3 Å². The number of nitrogens with one attached hydrogen (secondary N) is 2. The SMILES string of the molecule is CN=C(NCc1ccccc1Cl)NCC(c1ccc(F)cc1)N1CCOCC1. The molecule has 0 aliphatic carbocycles. The van der Waals surface area contributed by atoms with E-state index >= 15 is 0 Å². The molecule has 1 heterocycles. The van der Waals surface area contributed by atoms with Gasteiger partial charge in [0.25, 0.3) is 0 Å². The molecule has 2 N–H and O–H groups in total. The monoisotopic (exact) mass is 404 g/mol. The van der Waals surface area contributed by atoms with Crippen LogP contribution in [0.1, 0.15) is 17.2 Å². The van der Waals surface area contributed by atoms with E-state index in [0.717, 1.165) is 29.2 Å². The molecule has 0 bridgehead atoms. The molecule has 28 heavy (non-hydrogen) atoms. The van der Waals surface area contributed by atoms with Gasteiger partial charge in [-0.15, -0.1) is 0 Å². The number of morpholine rings is 1. The first-order chi connectivity index (χ1) is 13.7. The lowest BCUT2D eigenvalue weighted by molar-refractivity contribution is 0.0170. The zero-order valence-electron chi connectivity index (χ0n) is 16.0. The lowest BCUT2D eigenvalue weighted by atomic mass is 10.0. The van der Waals surface area contributed by atoms with Crippen molar-refractivity contribution in [2.24, 2.45) is 4.99 Å². The largest absolute Gasteiger partial charge is 0.379 e. The molecule has 1 atom stereocenters. The van der Waals surface area contributed by atoms with Gasteiger partial charge in [-0.25, -0.2) is 4.39 Å². The molecule has 0 aromatic heterocycles. The second-order valence-corrected chi connectivity index (χ2v) is 7.02. The van der Waals surface area contributed by atoms with Gasteiger partial charge in [-0.3, -0.25) is 9.89 Å². The van der Waals surface area contributed by atoms with E-state index in [1.807, 2.05) is 36.4 Å². The number of ether oxygens (including phenoxy) is 1. The van der Waals surface area contributed by atoms with Crippen LogP contribution in [0.5, 0.6) is 0 Å². The summed E-state index contributed by atoms with van der Waals surface area (Å²) in [4.78, 5) is 6.66. The summed E-state index contributed by atoms with van der Waals surface area (Å²) in [7, 11) is 1.74. The Morgan fingerprint density at radius 2 is 1.86 bits per heavy atom. The third-order valence-corrected chi connectivity index (χ3v) is 5.20. The Balaban J connectivity index is 1.64. The maximum absolute atomic E-state index is 13.4. The first-order valence-corrected chi connectivity index (χ1v) is 9.80. The molecule has 1 fully saturated rings. The molecule has 150 valence electrons. The third kappa shape index (κ3) is 5.67. The van der Waals surface area contributed by atoms with Crippen LogP contribution in [-0.2, 0) is 11.3 Å². The Hall–Kier alpha value is -2.15. The first kappa shape index (κ1) is 20.6. The predicted molar refractivity (Wildman–Crippen MR) is 111 cm³/mol. The number of aliphatic imine (C=N–C) groups is 1. The fourth-order valence-corrected chi connectivity index (χ4v) is 3.47. The molecule has 0 radical (unpaired) electrons. The number of halogens is 2. The molecular weight excluding hydrogens is 379 g/mol. The highest BCUT2D eigenvalue weighted by Gasteiger charge is 2.23. The van der Waals surface area contributed by atoms with Crippen LogP contribution in [0.3, 0.4) is 0 Å². The fraction of sp³-hybridized carbons (Fsp3) is 0.381. The zero-order valence-corrected chi connectivity index (χ0v) is 16.8. The molecule has 0 spiro atoms. The highest BCUT2D eigenvalue weighted by Crippen LogP contribution is 2.21. The number of rotatable bonds is 6. The van der Waals surface area contributed by atoms with E-state index in [0.29, 0.717) is 32.3 Å². The Bertz CT molecular complexity index is 778. The Morgan fingerprint density at radius 1 is 1.14 bits per heavy atom. The van der Waals surface area contributed by atoms with Crippen molar-refractivity contribution in [1.82, 2.24) is 15.5 Å². The van der Waals surface area contributed by atoms with Crippen LogP contribution in [0.25, 0.3) is 0 Å². The summed E-state index contributed by atoms with van der Waals surface area (Å²) in [5.41, 5.74) is 2.08. The minimum Gasteiger partial charge on any atom is -0.379 e. The van der Waals surface area contributed by atoms with Crippen molar-refractivity contribution in [3.05, 3.63) is 70.5 Å². The Kier molecular flexibility index (Phi) is 7.65. The number of nitrogens with zero attached hydrogens (tertiary/aromatic N) is 2. The highest BCUT2D eigenvalue weighted by molar-refractivity contribution is 6.31. The van der Waals surface area contributed by atoms with E-state index in [1.54, 1.807) is 7.05 Å². The van der Waals surface area contributed by atoms with Gasteiger partial charge in [0.15, 0.2) is 5.96 Å². The Morgan fingerprint density at radius 3 is 2.54 bits per heavy atom. The number of guanidine groups is 1. The van der Waals surface area contributed by atoms with Gasteiger partial charge in [-0.2, -0.15) is 0 Å². The van der Waals surface area contributed by atoms with Crippen LogP contribution in [-0.4, -0.2) is 50.8 Å². The average Bonchev–Trinajstić information content (AvgIpc) is 2.73. The maximum Gasteiger partial charge on any atom is 0.191 e. The summed E-state index contributed by atoms with van der Waals surface area (Å²) in [5.74, 6) is 0.468. The van der Waals surface area contributed by atoms with Gasteiger partial charge in [0.1, 0.15) is 5.82 Å². The molecule has 0 saturated carbocycles. The van der Waals surface area contributed by atoms with Crippen molar-refractivity contribution >= 4 is 17.6 Å². The smallest absolute Gasteiger partial charge is 0.191 e. The van der Waals surface area contributed by atoms with Crippen LogP contribution >= 0.6 is 11.6 Å². The van der Waals surface area contributed by atoms with Crippen molar-refractivity contribution < 1.29 is 9.13 Å². The summed E-state index contributed by atoms with van der Waals surface area (Å²) in [6.07, 6.45) is 0. The third-order valence-electron chi connectivity index (χ3n) is 4.83. The van der Waals surface area contributed by atoms with E-state index < -0.39 is 0 Å². The van der Waals surface area contributed by atoms with Crippen molar-refractivity contribution in [1.29, 1.82) is 0 Å². The molecule has 1 aliphatic heterocycles. The molecule has 0 amide bonds. The van der Waals surface area contributed by atoms with E-state index in [9.17, 15) is 4.39 Å². The van der Waals surface area contributed by atoms with Crippen molar-refractivity contribution in [2.45, 2.75) is 12.6 Å². The van der Waals surface area contributed by atoms with Gasteiger partial charge in [-0.05, 0) is 29.3 Å². The molecule has 7 heteroatoms. The minimum atomic E-state index is -0.227. The highest BCUT2D eigenvalue weighted by atomic mass is 35.5. The van der Waals surface area contributed by atoms with Crippen molar-refractivity contribution in [2.75, 3.05) is 39.9 Å². The number of hydrogen-bond donors (Lipinski definition) is 2. The normalized spacial score (nSPS) is 16.6. The van der Waals surface area contributed by atoms with Crippen LogP contribution in [0, 0.1) is 5.82 Å². The molecular formula is C21H26ClFN4O. The van der Waals surface area contributed by atoms with Crippen LogP contribution in [0.4, 0.5) is 4.39 Å². The number of hydrogen-bond acceptors (Lipinski definition) is 3. The molecule has 3 rings (SSSR count). The molecule has 2 aromatic rings. The van der Waals surface area contributed by atoms with E-state index in [4.69, 9.17) is 16.3 Å².